The van der Waals surface area contributed by atoms with Gasteiger partial charge in [-0.25, -0.2) is 4.39 Å². The van der Waals surface area contributed by atoms with Gasteiger partial charge in [-0.3, -0.25) is 9.59 Å². The summed E-state index contributed by atoms with van der Waals surface area (Å²) in [6, 6.07) is 12.7. The molecule has 0 radical (unpaired) electrons. The van der Waals surface area contributed by atoms with Gasteiger partial charge in [-0.15, -0.1) is 0 Å². The van der Waals surface area contributed by atoms with Gasteiger partial charge in [0, 0.05) is 12.1 Å². The first-order valence-corrected chi connectivity index (χ1v) is 7.99. The van der Waals surface area contributed by atoms with Gasteiger partial charge in [-0.2, -0.15) is 0 Å². The molecule has 1 N–H and O–H groups in total. The van der Waals surface area contributed by atoms with Gasteiger partial charge in [0.1, 0.15) is 11.9 Å². The number of aryl methyl sites for hydroxylation is 1. The molecule has 1 heterocycles. The van der Waals surface area contributed by atoms with Gasteiger partial charge in [-0.1, -0.05) is 29.8 Å². The number of hydrogen-bond donors (Lipinski definition) is 1. The fourth-order valence-corrected chi connectivity index (χ4v) is 2.92. The summed E-state index contributed by atoms with van der Waals surface area (Å²) in [4.78, 5) is 26.7. The molecule has 5 heteroatoms. The molecule has 0 aromatic heterocycles. The predicted molar refractivity (Wildman–Crippen MR) is 90.3 cm³/mol. The van der Waals surface area contributed by atoms with Gasteiger partial charge in [0.15, 0.2) is 0 Å². The number of amides is 2. The molecule has 0 unspecified atom stereocenters. The highest BCUT2D eigenvalue weighted by Crippen LogP contribution is 2.22. The number of benzene rings is 2. The van der Waals surface area contributed by atoms with Crippen molar-refractivity contribution in [1.82, 2.24) is 4.90 Å². The van der Waals surface area contributed by atoms with E-state index in [2.05, 4.69) is 5.32 Å². The summed E-state index contributed by atoms with van der Waals surface area (Å²) < 4.78 is 13.7. The highest BCUT2D eigenvalue weighted by Gasteiger charge is 2.34. The first-order chi connectivity index (χ1) is 11.6. The quantitative estimate of drug-likeness (QED) is 0.940. The molecule has 2 aromatic carbocycles. The smallest absolute Gasteiger partial charge is 0.254 e. The molecule has 124 valence electrons. The van der Waals surface area contributed by atoms with E-state index < -0.39 is 11.9 Å². The van der Waals surface area contributed by atoms with Crippen molar-refractivity contribution in [3.05, 3.63) is 65.5 Å². The number of carbonyl (C=O) groups is 2. The highest BCUT2D eigenvalue weighted by atomic mass is 19.1. The molecule has 1 fully saturated rings. The normalized spacial score (nSPS) is 16.9. The Morgan fingerprint density at radius 1 is 1.12 bits per heavy atom. The zero-order valence-electron chi connectivity index (χ0n) is 13.5. The van der Waals surface area contributed by atoms with Gasteiger partial charge in [0.05, 0.1) is 5.69 Å². The number of likely N-dealkylation sites (tertiary alicyclic amines) is 1. The molecule has 1 aliphatic rings. The monoisotopic (exact) mass is 326 g/mol. The van der Waals surface area contributed by atoms with E-state index in [1.807, 2.05) is 19.1 Å². The molecule has 0 saturated carbocycles. The minimum atomic E-state index is -0.571. The van der Waals surface area contributed by atoms with Crippen LogP contribution in [-0.2, 0) is 4.79 Å². The molecule has 24 heavy (non-hydrogen) atoms. The van der Waals surface area contributed by atoms with Crippen molar-refractivity contribution in [2.45, 2.75) is 25.8 Å². The summed E-state index contributed by atoms with van der Waals surface area (Å²) in [6.45, 7) is 2.48. The third-order valence-corrected chi connectivity index (χ3v) is 4.25. The Kier molecular flexibility index (Phi) is 4.60. The summed E-state index contributed by atoms with van der Waals surface area (Å²) in [6.07, 6.45) is 1.34. The lowest BCUT2D eigenvalue weighted by atomic mass is 10.1. The third kappa shape index (κ3) is 3.30. The van der Waals surface area contributed by atoms with Gasteiger partial charge in [-0.05, 0) is 44.0 Å². The number of nitrogens with one attached hydrogen (secondary N) is 1. The molecule has 1 saturated heterocycles. The van der Waals surface area contributed by atoms with E-state index in [0.717, 1.165) is 12.0 Å². The van der Waals surface area contributed by atoms with Crippen LogP contribution in [0.1, 0.15) is 28.8 Å². The summed E-state index contributed by atoms with van der Waals surface area (Å²) in [7, 11) is 0. The molecule has 4 nitrogen and oxygen atoms in total. The van der Waals surface area contributed by atoms with Crippen molar-refractivity contribution < 1.29 is 14.0 Å². The second-order valence-electron chi connectivity index (χ2n) is 5.99. The van der Waals surface area contributed by atoms with Crippen LogP contribution in [0.15, 0.2) is 48.5 Å². The lowest BCUT2D eigenvalue weighted by Crippen LogP contribution is -2.43. The SMILES string of the molecule is Cc1ccc(C(=O)N2CCC[C@H]2C(=O)Nc2ccccc2F)cc1. The summed E-state index contributed by atoms with van der Waals surface area (Å²) in [5.41, 5.74) is 1.77. The molecular formula is C19H19FN2O2. The van der Waals surface area contributed by atoms with Gasteiger partial charge in [0.2, 0.25) is 5.91 Å². The Bertz CT molecular complexity index is 758. The van der Waals surface area contributed by atoms with E-state index >= 15 is 0 Å². The van der Waals surface area contributed by atoms with E-state index in [4.69, 9.17) is 0 Å². The second-order valence-corrected chi connectivity index (χ2v) is 5.99. The maximum Gasteiger partial charge on any atom is 0.254 e. The summed E-state index contributed by atoms with van der Waals surface area (Å²) in [5.74, 6) is -1.00. The lowest BCUT2D eigenvalue weighted by Gasteiger charge is -2.24. The Labute approximate surface area is 140 Å². The van der Waals surface area contributed by atoms with Crippen molar-refractivity contribution in [2.75, 3.05) is 11.9 Å². The Morgan fingerprint density at radius 3 is 2.54 bits per heavy atom. The van der Waals surface area contributed by atoms with Crippen LogP contribution in [0.5, 0.6) is 0 Å². The minimum absolute atomic E-state index is 0.136. The Morgan fingerprint density at radius 2 is 1.83 bits per heavy atom. The molecule has 3 rings (SSSR count). The maximum absolute atomic E-state index is 13.7. The van der Waals surface area contributed by atoms with E-state index in [1.165, 1.54) is 12.1 Å². The van der Waals surface area contributed by atoms with Crippen molar-refractivity contribution in [3.63, 3.8) is 0 Å². The molecule has 1 atom stereocenters. The Balaban J connectivity index is 1.75. The standard InChI is InChI=1S/C19H19FN2O2/c1-13-8-10-14(11-9-13)19(24)22-12-4-7-17(22)18(23)21-16-6-3-2-5-15(16)20/h2-3,5-6,8-11,17H,4,7,12H2,1H3,(H,21,23)/t17-/m0/s1. The molecule has 0 spiro atoms. The largest absolute Gasteiger partial charge is 0.327 e. The van der Waals surface area contributed by atoms with Gasteiger partial charge < -0.3 is 10.2 Å². The van der Waals surface area contributed by atoms with Crippen LogP contribution in [0.25, 0.3) is 0 Å². The van der Waals surface area contributed by atoms with E-state index in [9.17, 15) is 14.0 Å². The van der Waals surface area contributed by atoms with Crippen molar-refractivity contribution in [3.8, 4) is 0 Å². The van der Waals surface area contributed by atoms with Gasteiger partial charge >= 0.3 is 0 Å². The molecule has 1 aliphatic heterocycles. The fraction of sp³-hybridized carbons (Fsp3) is 0.263. The van der Waals surface area contributed by atoms with Crippen LogP contribution in [0.2, 0.25) is 0 Å². The van der Waals surface area contributed by atoms with Crippen LogP contribution < -0.4 is 5.32 Å². The van der Waals surface area contributed by atoms with Crippen LogP contribution in [0.4, 0.5) is 10.1 Å². The lowest BCUT2D eigenvalue weighted by molar-refractivity contribution is -0.119. The van der Waals surface area contributed by atoms with E-state index in [0.29, 0.717) is 18.5 Å². The third-order valence-electron chi connectivity index (χ3n) is 4.25. The van der Waals surface area contributed by atoms with Crippen LogP contribution in [-0.4, -0.2) is 29.3 Å². The van der Waals surface area contributed by atoms with Crippen LogP contribution >= 0.6 is 0 Å². The number of para-hydroxylation sites is 1. The predicted octanol–water partition coefficient (Wildman–Crippen LogP) is 3.38. The zero-order valence-corrected chi connectivity index (χ0v) is 13.5. The molecular weight excluding hydrogens is 307 g/mol. The zero-order chi connectivity index (χ0) is 17.1. The number of carbonyl (C=O) groups excluding carboxylic acids is 2. The second kappa shape index (κ2) is 6.83. The molecule has 0 bridgehead atoms. The average Bonchev–Trinajstić information content (AvgIpc) is 3.07. The van der Waals surface area contributed by atoms with Crippen LogP contribution in [0, 0.1) is 12.7 Å². The highest BCUT2D eigenvalue weighted by molar-refractivity contribution is 6.01. The van der Waals surface area contributed by atoms with Crippen molar-refractivity contribution in [2.24, 2.45) is 0 Å². The number of anilines is 1. The number of hydrogen-bond acceptors (Lipinski definition) is 2. The fourth-order valence-electron chi connectivity index (χ4n) is 2.92. The van der Waals surface area contributed by atoms with E-state index in [1.54, 1.807) is 29.2 Å². The maximum atomic E-state index is 13.7. The first-order valence-electron chi connectivity index (χ1n) is 7.99. The average molecular weight is 326 g/mol. The number of halogens is 1. The summed E-state index contributed by atoms with van der Waals surface area (Å²) in [5, 5.41) is 2.59. The topological polar surface area (TPSA) is 49.4 Å². The van der Waals surface area contributed by atoms with Crippen molar-refractivity contribution >= 4 is 17.5 Å². The molecule has 2 aromatic rings. The minimum Gasteiger partial charge on any atom is -0.327 e. The molecule has 2 amide bonds. The summed E-state index contributed by atoms with van der Waals surface area (Å²) >= 11 is 0. The van der Waals surface area contributed by atoms with Gasteiger partial charge in [0.25, 0.3) is 5.91 Å². The van der Waals surface area contributed by atoms with E-state index in [-0.39, 0.29) is 17.5 Å². The Hall–Kier alpha value is -2.69. The first kappa shape index (κ1) is 16.2. The van der Waals surface area contributed by atoms with Crippen LogP contribution in [0.3, 0.4) is 0 Å². The van der Waals surface area contributed by atoms with Crippen molar-refractivity contribution in [1.29, 1.82) is 0 Å². The molecule has 0 aliphatic carbocycles. The number of rotatable bonds is 3. The number of nitrogens with zero attached hydrogens (tertiary/aromatic N) is 1.